The summed E-state index contributed by atoms with van der Waals surface area (Å²) < 4.78 is 0. The Bertz CT molecular complexity index is 621. The zero-order valence-corrected chi connectivity index (χ0v) is 13.7. The molecule has 0 spiro atoms. The van der Waals surface area contributed by atoms with E-state index in [4.69, 9.17) is 11.6 Å². The molecule has 0 aliphatic heterocycles. The van der Waals surface area contributed by atoms with Crippen molar-refractivity contribution >= 4 is 18.2 Å². The van der Waals surface area contributed by atoms with Gasteiger partial charge in [-0.15, -0.1) is 0 Å². The lowest BCUT2D eigenvalue weighted by molar-refractivity contribution is -0.108. The van der Waals surface area contributed by atoms with Crippen molar-refractivity contribution in [1.82, 2.24) is 20.6 Å². The van der Waals surface area contributed by atoms with Gasteiger partial charge in [0.1, 0.15) is 5.82 Å². The second-order valence-corrected chi connectivity index (χ2v) is 5.03. The summed E-state index contributed by atoms with van der Waals surface area (Å²) in [5.74, 6) is 6.40. The summed E-state index contributed by atoms with van der Waals surface area (Å²) in [5, 5.41) is 7.02. The van der Waals surface area contributed by atoms with Gasteiger partial charge in [0.05, 0.1) is 11.4 Å². The molecule has 1 rings (SSSR count). The van der Waals surface area contributed by atoms with Crippen molar-refractivity contribution < 1.29 is 4.79 Å². The van der Waals surface area contributed by atoms with E-state index in [9.17, 15) is 4.79 Å². The smallest absolute Gasteiger partial charge is 0.211 e. The zero-order valence-electron chi connectivity index (χ0n) is 13.7. The molecule has 0 aliphatic carbocycles. The maximum atomic E-state index is 10.2. The molecule has 1 amide bonds. The summed E-state index contributed by atoms with van der Waals surface area (Å²) in [4.78, 5) is 14.7. The molecule has 7 nitrogen and oxygen atoms in total. The van der Waals surface area contributed by atoms with Crippen LogP contribution < -0.4 is 22.2 Å². The number of nitrogens with one attached hydrogen (secondary N) is 2. The fraction of sp³-hybridized carbons (Fsp3) is 0.250. The van der Waals surface area contributed by atoms with Crippen LogP contribution in [0.1, 0.15) is 23.9 Å². The monoisotopic (exact) mass is 316 g/mol. The van der Waals surface area contributed by atoms with Crippen molar-refractivity contribution in [1.29, 1.82) is 0 Å². The van der Waals surface area contributed by atoms with Crippen LogP contribution in [0.15, 0.2) is 36.8 Å². The number of hydrogen-bond donors (Lipinski definition) is 4. The minimum absolute atomic E-state index is 0.101. The number of nitrogens with two attached hydrogens (primary N) is 2. The van der Waals surface area contributed by atoms with Crippen LogP contribution in [0.3, 0.4) is 0 Å². The highest BCUT2D eigenvalue weighted by Crippen LogP contribution is 2.15. The van der Waals surface area contributed by atoms with Crippen LogP contribution >= 0.6 is 0 Å². The van der Waals surface area contributed by atoms with Gasteiger partial charge in [-0.1, -0.05) is 18.7 Å². The van der Waals surface area contributed by atoms with Crippen molar-refractivity contribution in [2.45, 2.75) is 19.9 Å². The van der Waals surface area contributed by atoms with Crippen LogP contribution in [0.2, 0.25) is 0 Å². The maximum absolute atomic E-state index is 10.2. The molecule has 0 bridgehead atoms. The van der Waals surface area contributed by atoms with Gasteiger partial charge in [-0.25, -0.2) is 5.84 Å². The molecule has 124 valence electrons. The third-order valence-corrected chi connectivity index (χ3v) is 3.14. The Morgan fingerprint density at radius 2 is 2.17 bits per heavy atom. The number of aryl methyl sites for hydroxylation is 1. The molecular weight excluding hydrogens is 292 g/mol. The third kappa shape index (κ3) is 5.15. The lowest BCUT2D eigenvalue weighted by Crippen LogP contribution is -2.39. The summed E-state index contributed by atoms with van der Waals surface area (Å²) >= 11 is 0. The Hall–Kier alpha value is -2.80. The average Bonchev–Trinajstić information content (AvgIpc) is 2.51. The predicted molar refractivity (Wildman–Crippen MR) is 93.1 cm³/mol. The Morgan fingerprint density at radius 3 is 2.70 bits per heavy atom. The van der Waals surface area contributed by atoms with Crippen LogP contribution in [-0.2, 0) is 4.79 Å². The first-order valence-electron chi connectivity index (χ1n) is 7.12. The van der Waals surface area contributed by atoms with E-state index in [0.29, 0.717) is 23.6 Å². The topological polar surface area (TPSA) is 109 Å². The van der Waals surface area contributed by atoms with Crippen LogP contribution in [0, 0.1) is 6.92 Å². The third-order valence-electron chi connectivity index (χ3n) is 3.14. The highest BCUT2D eigenvalue weighted by molar-refractivity contribution is 5.64. The summed E-state index contributed by atoms with van der Waals surface area (Å²) in [5.41, 5.74) is 9.05. The van der Waals surface area contributed by atoms with Crippen LogP contribution in [0.5, 0.6) is 0 Å². The van der Waals surface area contributed by atoms with E-state index in [-0.39, 0.29) is 6.04 Å². The molecule has 0 aromatic carbocycles. The van der Waals surface area contributed by atoms with Crippen molar-refractivity contribution in [2.24, 2.45) is 11.6 Å². The van der Waals surface area contributed by atoms with E-state index in [1.807, 2.05) is 26.0 Å². The van der Waals surface area contributed by atoms with Gasteiger partial charge < -0.3 is 16.4 Å². The molecule has 0 saturated carbocycles. The molecule has 1 unspecified atom stereocenters. The molecule has 0 aliphatic rings. The normalized spacial score (nSPS) is 13.2. The molecule has 1 aromatic heterocycles. The van der Waals surface area contributed by atoms with Crippen molar-refractivity contribution in [3.63, 3.8) is 0 Å². The van der Waals surface area contributed by atoms with E-state index in [0.717, 1.165) is 11.3 Å². The zero-order chi connectivity index (χ0) is 17.4. The number of hydrogen-bond acceptors (Lipinski definition) is 6. The van der Waals surface area contributed by atoms with Gasteiger partial charge >= 0.3 is 0 Å². The molecule has 1 heterocycles. The summed E-state index contributed by atoms with van der Waals surface area (Å²) in [6.07, 6.45) is 5.64. The fourth-order valence-electron chi connectivity index (χ4n) is 1.93. The molecule has 7 heteroatoms. The first kappa shape index (κ1) is 18.2. The second kappa shape index (κ2) is 8.60. The van der Waals surface area contributed by atoms with E-state index < -0.39 is 0 Å². The first-order chi connectivity index (χ1) is 10.9. The number of amides is 1. The lowest BCUT2D eigenvalue weighted by Gasteiger charge is -2.23. The van der Waals surface area contributed by atoms with Crippen molar-refractivity contribution in [3.8, 4) is 0 Å². The Labute approximate surface area is 136 Å². The number of rotatable bonds is 8. The minimum Gasteiger partial charge on any atom is -0.394 e. The minimum atomic E-state index is -0.101. The van der Waals surface area contributed by atoms with E-state index in [2.05, 4.69) is 22.2 Å². The number of carbonyl (C=O) groups excluding carboxylic acids is 1. The maximum Gasteiger partial charge on any atom is 0.211 e. The largest absolute Gasteiger partial charge is 0.394 e. The average molecular weight is 316 g/mol. The van der Waals surface area contributed by atoms with E-state index in [1.165, 1.54) is 11.2 Å². The van der Waals surface area contributed by atoms with E-state index in [1.54, 1.807) is 19.2 Å². The molecule has 0 saturated heterocycles. The summed E-state index contributed by atoms with van der Waals surface area (Å²) in [7, 11) is 1.68. The summed E-state index contributed by atoms with van der Waals surface area (Å²) in [6.45, 7) is 7.54. The molecule has 1 atom stereocenters. The lowest BCUT2D eigenvalue weighted by atomic mass is 10.1. The van der Waals surface area contributed by atoms with Gasteiger partial charge in [0, 0.05) is 25.0 Å². The van der Waals surface area contributed by atoms with Gasteiger partial charge in [-0.05, 0) is 31.6 Å². The number of carbonyl (C=O) groups is 1. The van der Waals surface area contributed by atoms with Crippen LogP contribution in [0.25, 0.3) is 11.8 Å². The van der Waals surface area contributed by atoms with E-state index >= 15 is 0 Å². The van der Waals surface area contributed by atoms with Gasteiger partial charge in [-0.2, -0.15) is 0 Å². The molecule has 0 fully saturated rings. The number of aromatic nitrogens is 1. The van der Waals surface area contributed by atoms with Crippen LogP contribution in [0.4, 0.5) is 0 Å². The Morgan fingerprint density at radius 1 is 1.48 bits per heavy atom. The molecule has 1 aromatic rings. The molecular formula is C16H24N6O. The van der Waals surface area contributed by atoms with Gasteiger partial charge in [0.25, 0.3) is 0 Å². The molecule has 23 heavy (non-hydrogen) atoms. The highest BCUT2D eigenvalue weighted by Gasteiger charge is 2.12. The quantitative estimate of drug-likeness (QED) is 0.319. The first-order valence-corrected chi connectivity index (χ1v) is 7.12. The second-order valence-electron chi connectivity index (χ2n) is 5.03. The molecule has 6 N–H and O–H groups in total. The number of hydrazine groups is 1. The number of nitrogens with zero attached hydrogens (tertiary/aromatic N) is 2. The number of pyridine rings is 1. The standard InChI is InChI=1S/C16H24N6O/c1-5-13-6-7-14(21-12(13)3)15(17)16(22(4)18)20-11(2)8-9-19-10-23/h5-11,20H,1,17-18H2,2-4H3,(H,19,23)/b9-8-,16-15-. The van der Waals surface area contributed by atoms with Gasteiger partial charge in [0.2, 0.25) is 6.41 Å². The Balaban J connectivity index is 3.10. The van der Waals surface area contributed by atoms with Crippen LogP contribution in [-0.4, -0.2) is 29.5 Å². The summed E-state index contributed by atoms with van der Waals surface area (Å²) in [6, 6.07) is 3.62. The Kier molecular flexibility index (Phi) is 6.82. The van der Waals surface area contributed by atoms with Crippen molar-refractivity contribution in [3.05, 3.63) is 53.8 Å². The highest BCUT2D eigenvalue weighted by atomic mass is 16.1. The van der Waals surface area contributed by atoms with Crippen molar-refractivity contribution in [2.75, 3.05) is 7.05 Å². The predicted octanol–water partition coefficient (Wildman–Crippen LogP) is 0.661. The fourth-order valence-corrected chi connectivity index (χ4v) is 1.93. The van der Waals surface area contributed by atoms with Gasteiger partial charge in [0.15, 0.2) is 0 Å². The van der Waals surface area contributed by atoms with Gasteiger partial charge in [-0.3, -0.25) is 14.8 Å². The molecule has 0 radical (unpaired) electrons. The SMILES string of the molecule is C=Cc1ccc(/C(N)=C(\NC(C)/C=C\NC=O)N(C)N)nc1C.